The van der Waals surface area contributed by atoms with E-state index in [1.54, 1.807) is 0 Å². The molecule has 0 unspecified atom stereocenters. The van der Waals surface area contributed by atoms with Gasteiger partial charge in [0.1, 0.15) is 0 Å². The molecule has 2 heterocycles. The maximum absolute atomic E-state index is 2.49. The van der Waals surface area contributed by atoms with Gasteiger partial charge in [0.05, 0.1) is 28.1 Å². The Morgan fingerprint density at radius 3 is 1.61 bits per heavy atom. The van der Waals surface area contributed by atoms with Crippen LogP contribution >= 0.6 is 0 Å². The van der Waals surface area contributed by atoms with E-state index in [-0.39, 0.29) is 0 Å². The van der Waals surface area contributed by atoms with Crippen molar-refractivity contribution < 1.29 is 0 Å². The summed E-state index contributed by atoms with van der Waals surface area (Å²) in [5.74, 6) is 0. The quantitative estimate of drug-likeness (QED) is 0.160. The number of para-hydroxylation sites is 4. The zero-order valence-electron chi connectivity index (χ0n) is 33.4. The van der Waals surface area contributed by atoms with E-state index in [0.29, 0.717) is 0 Å². The van der Waals surface area contributed by atoms with Crippen LogP contribution in [-0.2, 0) is 0 Å². The molecule has 3 nitrogen and oxygen atoms in total. The minimum atomic E-state index is 1.09. The largest absolute Gasteiger partial charge is 0.310 e. The molecule has 0 bridgehead atoms. The molecule has 0 amide bonds. The first-order chi connectivity index (χ1) is 30.3. The Hall–Kier alpha value is -8.14. The lowest BCUT2D eigenvalue weighted by Gasteiger charge is -2.35. The minimum Gasteiger partial charge on any atom is -0.310 e. The molecule has 11 aromatic rings. The Bertz CT molecular complexity index is 3350. The zero-order chi connectivity index (χ0) is 40.3. The highest BCUT2D eigenvalue weighted by atomic mass is 15.2. The van der Waals surface area contributed by atoms with E-state index in [1.807, 2.05) is 0 Å². The summed E-state index contributed by atoms with van der Waals surface area (Å²) < 4.78 is 2.39. The highest BCUT2D eigenvalue weighted by Gasteiger charge is 2.28. The Morgan fingerprint density at radius 2 is 0.885 bits per heavy atom. The summed E-state index contributed by atoms with van der Waals surface area (Å²) in [7, 11) is 0. The normalized spacial score (nSPS) is 11.9. The number of nitrogens with zero attached hydrogens (tertiary/aromatic N) is 3. The summed E-state index contributed by atoms with van der Waals surface area (Å²) in [5, 5.41) is 4.84. The van der Waals surface area contributed by atoms with Crippen LogP contribution in [0.2, 0.25) is 0 Å². The summed E-state index contributed by atoms with van der Waals surface area (Å²) in [5.41, 5.74) is 17.4. The van der Waals surface area contributed by atoms with Gasteiger partial charge in [0.25, 0.3) is 0 Å². The van der Waals surface area contributed by atoms with Crippen LogP contribution < -0.4 is 9.80 Å². The first-order valence-corrected chi connectivity index (χ1v) is 20.9. The molecule has 1 aliphatic rings. The molecular weight excluding hydrogens is 739 g/mol. The molecular formula is C58H39N3. The third-order valence-corrected chi connectivity index (χ3v) is 12.2. The molecule has 0 N–H and O–H groups in total. The molecule has 1 aromatic heterocycles. The van der Waals surface area contributed by atoms with Gasteiger partial charge >= 0.3 is 0 Å². The standard InChI is InChI=1S/C58H39N3/c1-5-18-40(19-6-1)42-36-43(41-20-7-2-8-21-41)38-47(37-42)59(46-32-34-56-52(39-46)49-27-14-16-30-54(49)60(56)44-22-9-3-10-23-44)55-35-33-50-48-26-13-15-29-53(48)61(45-24-11-4-12-25-45)57-31-17-28-51(55)58(50)57/h1-39H. The predicted octanol–water partition coefficient (Wildman–Crippen LogP) is 16.2. The van der Waals surface area contributed by atoms with E-state index in [0.717, 1.165) is 39.6 Å². The van der Waals surface area contributed by atoms with E-state index in [2.05, 4.69) is 251 Å². The van der Waals surface area contributed by atoms with Crippen molar-refractivity contribution >= 4 is 66.7 Å². The molecule has 0 saturated carbocycles. The van der Waals surface area contributed by atoms with Crippen molar-refractivity contribution in [2.45, 2.75) is 0 Å². The van der Waals surface area contributed by atoms with Crippen molar-refractivity contribution in [2.24, 2.45) is 0 Å². The summed E-state index contributed by atoms with van der Waals surface area (Å²) in [6, 6.07) is 86.1. The van der Waals surface area contributed by atoms with Crippen molar-refractivity contribution in [1.82, 2.24) is 4.57 Å². The number of benzene rings is 10. The fraction of sp³-hybridized carbons (Fsp3) is 0. The van der Waals surface area contributed by atoms with Crippen molar-refractivity contribution in [3.63, 3.8) is 0 Å². The SMILES string of the molecule is c1ccc(-c2cc(-c3ccccc3)cc(N(c3ccc4c(c3)c3ccccc3n4-c3ccccc3)c3ccc4c5c(cccc35)N(c3ccccc3)c3ccccc3-4)c2)cc1. The number of fused-ring (bicyclic) bond motifs is 5. The molecule has 0 spiro atoms. The number of anilines is 6. The maximum Gasteiger partial charge on any atom is 0.0547 e. The third kappa shape index (κ3) is 5.74. The molecule has 286 valence electrons. The lowest BCUT2D eigenvalue weighted by molar-refractivity contribution is 1.18. The molecule has 0 radical (unpaired) electrons. The Kier molecular flexibility index (Phi) is 8.17. The van der Waals surface area contributed by atoms with Gasteiger partial charge in [-0.1, -0.05) is 152 Å². The highest BCUT2D eigenvalue weighted by Crippen LogP contribution is 2.54. The number of rotatable bonds is 7. The lowest BCUT2D eigenvalue weighted by Crippen LogP contribution is -2.16. The molecule has 0 fully saturated rings. The van der Waals surface area contributed by atoms with E-state index in [9.17, 15) is 0 Å². The number of hydrogen-bond donors (Lipinski definition) is 0. The van der Waals surface area contributed by atoms with E-state index < -0.39 is 0 Å². The van der Waals surface area contributed by atoms with E-state index in [1.165, 1.54) is 66.2 Å². The lowest BCUT2D eigenvalue weighted by atomic mass is 9.89. The van der Waals surface area contributed by atoms with Crippen molar-refractivity contribution in [1.29, 1.82) is 0 Å². The second-order valence-corrected chi connectivity index (χ2v) is 15.7. The fourth-order valence-electron chi connectivity index (χ4n) is 9.58. The second-order valence-electron chi connectivity index (χ2n) is 15.7. The molecule has 3 heteroatoms. The maximum atomic E-state index is 2.49. The summed E-state index contributed by atoms with van der Waals surface area (Å²) in [6.45, 7) is 0. The first kappa shape index (κ1) is 34.9. The Morgan fingerprint density at radius 1 is 0.311 bits per heavy atom. The fourth-order valence-corrected chi connectivity index (χ4v) is 9.58. The zero-order valence-corrected chi connectivity index (χ0v) is 33.4. The van der Waals surface area contributed by atoms with Crippen LogP contribution in [0.4, 0.5) is 34.1 Å². The van der Waals surface area contributed by atoms with Gasteiger partial charge in [0.2, 0.25) is 0 Å². The van der Waals surface area contributed by atoms with Crippen molar-refractivity contribution in [3.05, 3.63) is 237 Å². The summed E-state index contributed by atoms with van der Waals surface area (Å²) in [6.07, 6.45) is 0. The average Bonchev–Trinajstić information content (AvgIpc) is 3.67. The van der Waals surface area contributed by atoms with Gasteiger partial charge < -0.3 is 14.4 Å². The molecule has 10 aromatic carbocycles. The van der Waals surface area contributed by atoms with E-state index >= 15 is 0 Å². The van der Waals surface area contributed by atoms with Gasteiger partial charge in [0, 0.05) is 49.9 Å². The van der Waals surface area contributed by atoms with Gasteiger partial charge in [-0.2, -0.15) is 0 Å². The summed E-state index contributed by atoms with van der Waals surface area (Å²) >= 11 is 0. The van der Waals surface area contributed by atoms with Crippen LogP contribution in [0.1, 0.15) is 0 Å². The molecule has 0 saturated heterocycles. The van der Waals surface area contributed by atoms with Crippen LogP contribution in [0.5, 0.6) is 0 Å². The smallest absolute Gasteiger partial charge is 0.0547 e. The molecule has 1 aliphatic heterocycles. The highest BCUT2D eigenvalue weighted by molar-refractivity contribution is 6.18. The van der Waals surface area contributed by atoms with Crippen LogP contribution in [0.3, 0.4) is 0 Å². The van der Waals surface area contributed by atoms with Crippen LogP contribution in [-0.4, -0.2) is 4.57 Å². The van der Waals surface area contributed by atoms with E-state index in [4.69, 9.17) is 0 Å². The Labute approximate surface area is 355 Å². The van der Waals surface area contributed by atoms with Gasteiger partial charge in [-0.05, 0) is 113 Å². The van der Waals surface area contributed by atoms with Gasteiger partial charge in [-0.15, -0.1) is 0 Å². The Balaban J connectivity index is 1.16. The molecule has 12 rings (SSSR count). The van der Waals surface area contributed by atoms with Crippen LogP contribution in [0.25, 0.3) is 71.6 Å². The third-order valence-electron chi connectivity index (χ3n) is 12.2. The average molecular weight is 778 g/mol. The minimum absolute atomic E-state index is 1.09. The molecule has 0 atom stereocenters. The van der Waals surface area contributed by atoms with Crippen molar-refractivity contribution in [2.75, 3.05) is 9.80 Å². The van der Waals surface area contributed by atoms with Gasteiger partial charge in [-0.25, -0.2) is 0 Å². The first-order valence-electron chi connectivity index (χ1n) is 20.9. The van der Waals surface area contributed by atoms with Crippen LogP contribution in [0, 0.1) is 0 Å². The number of aromatic nitrogens is 1. The molecule has 61 heavy (non-hydrogen) atoms. The molecule has 0 aliphatic carbocycles. The summed E-state index contributed by atoms with van der Waals surface area (Å²) in [4.78, 5) is 4.91. The van der Waals surface area contributed by atoms with Gasteiger partial charge in [0.15, 0.2) is 0 Å². The topological polar surface area (TPSA) is 11.4 Å². The number of hydrogen-bond acceptors (Lipinski definition) is 2. The second kappa shape index (κ2) is 14.3. The predicted molar refractivity (Wildman–Crippen MR) is 258 cm³/mol. The van der Waals surface area contributed by atoms with Crippen molar-refractivity contribution in [3.8, 4) is 39.1 Å². The van der Waals surface area contributed by atoms with Gasteiger partial charge in [-0.3, -0.25) is 0 Å². The monoisotopic (exact) mass is 777 g/mol. The van der Waals surface area contributed by atoms with Crippen LogP contribution in [0.15, 0.2) is 237 Å².